The van der Waals surface area contributed by atoms with Crippen LogP contribution in [0.4, 0.5) is 0 Å². The van der Waals surface area contributed by atoms with Crippen LogP contribution in [0.1, 0.15) is 18.9 Å². The molecular weight excluding hydrogens is 194 g/mol. The van der Waals surface area contributed by atoms with Gasteiger partial charge in [-0.15, -0.1) is 0 Å². The second kappa shape index (κ2) is 3.91. The molecule has 1 aromatic rings. The third-order valence-electron chi connectivity index (χ3n) is 2.59. The van der Waals surface area contributed by atoms with Gasteiger partial charge in [-0.25, -0.2) is 0 Å². The fraction of sp³-hybridized carbons (Fsp3) is 0.545. The summed E-state index contributed by atoms with van der Waals surface area (Å²) in [6.07, 6.45) is 5.22. The molecule has 0 aliphatic carbocycles. The average Bonchev–Trinajstić information content (AvgIpc) is 2.47. The molecule has 1 saturated heterocycles. The topological polar surface area (TPSA) is 33.1 Å². The highest BCUT2D eigenvalue weighted by molar-refractivity contribution is 8.00. The highest BCUT2D eigenvalue weighted by atomic mass is 32.2. The minimum Gasteiger partial charge on any atom is -0.389 e. The maximum Gasteiger partial charge on any atom is 0.0788 e. The standard InChI is InChI=1S/C11H15NOS/c1-9-6-11(13,8-14-9)7-10-2-4-12-5-3-10/h2-5,9,13H,6-8H2,1H3. The van der Waals surface area contributed by atoms with Gasteiger partial charge >= 0.3 is 0 Å². The lowest BCUT2D eigenvalue weighted by Crippen LogP contribution is -2.31. The Bertz CT molecular complexity index is 303. The maximum absolute atomic E-state index is 10.3. The lowest BCUT2D eigenvalue weighted by molar-refractivity contribution is 0.0642. The first-order valence-electron chi connectivity index (χ1n) is 4.91. The zero-order chi connectivity index (χ0) is 10.0. The van der Waals surface area contributed by atoms with Crippen LogP contribution in [0.15, 0.2) is 24.5 Å². The zero-order valence-corrected chi connectivity index (χ0v) is 9.13. The van der Waals surface area contributed by atoms with Crippen LogP contribution in [0.2, 0.25) is 0 Å². The molecule has 0 aromatic carbocycles. The molecule has 1 fully saturated rings. The predicted molar refractivity (Wildman–Crippen MR) is 59.4 cm³/mol. The van der Waals surface area contributed by atoms with Crippen LogP contribution in [-0.4, -0.2) is 26.7 Å². The van der Waals surface area contributed by atoms with Crippen molar-refractivity contribution in [2.45, 2.75) is 30.6 Å². The maximum atomic E-state index is 10.3. The molecular formula is C11H15NOS. The van der Waals surface area contributed by atoms with Crippen molar-refractivity contribution < 1.29 is 5.11 Å². The molecule has 0 radical (unpaired) electrons. The monoisotopic (exact) mass is 209 g/mol. The molecule has 2 heterocycles. The molecule has 2 nitrogen and oxygen atoms in total. The van der Waals surface area contributed by atoms with Crippen LogP contribution >= 0.6 is 11.8 Å². The smallest absolute Gasteiger partial charge is 0.0788 e. The first kappa shape index (κ1) is 9.99. The molecule has 1 aliphatic heterocycles. The van der Waals surface area contributed by atoms with Gasteiger partial charge in [0.2, 0.25) is 0 Å². The first-order valence-corrected chi connectivity index (χ1v) is 5.96. The second-order valence-corrected chi connectivity index (χ2v) is 5.51. The minimum absolute atomic E-state index is 0.495. The number of pyridine rings is 1. The summed E-state index contributed by atoms with van der Waals surface area (Å²) in [5.41, 5.74) is 0.683. The third kappa shape index (κ3) is 2.28. The quantitative estimate of drug-likeness (QED) is 0.807. The van der Waals surface area contributed by atoms with E-state index < -0.39 is 5.60 Å². The minimum atomic E-state index is -0.495. The molecule has 1 aliphatic rings. The van der Waals surface area contributed by atoms with Gasteiger partial charge in [-0.2, -0.15) is 11.8 Å². The number of aliphatic hydroxyl groups is 1. The zero-order valence-electron chi connectivity index (χ0n) is 8.31. The van der Waals surface area contributed by atoms with E-state index in [1.54, 1.807) is 12.4 Å². The molecule has 3 heteroatoms. The van der Waals surface area contributed by atoms with Crippen LogP contribution in [-0.2, 0) is 6.42 Å². The molecule has 2 rings (SSSR count). The summed E-state index contributed by atoms with van der Waals surface area (Å²) < 4.78 is 0. The predicted octanol–water partition coefficient (Wildman–Crippen LogP) is 1.88. The Morgan fingerprint density at radius 1 is 1.57 bits per heavy atom. The van der Waals surface area contributed by atoms with Gasteiger partial charge in [0.15, 0.2) is 0 Å². The molecule has 14 heavy (non-hydrogen) atoms. The van der Waals surface area contributed by atoms with Gasteiger partial charge in [0.05, 0.1) is 5.60 Å². The second-order valence-electron chi connectivity index (χ2n) is 4.08. The third-order valence-corrected chi connectivity index (χ3v) is 4.03. The van der Waals surface area contributed by atoms with Crippen molar-refractivity contribution in [1.82, 2.24) is 4.98 Å². The van der Waals surface area contributed by atoms with E-state index in [-0.39, 0.29) is 0 Å². The number of thioether (sulfide) groups is 1. The van der Waals surface area contributed by atoms with Gasteiger partial charge in [0, 0.05) is 29.8 Å². The highest BCUT2D eigenvalue weighted by Gasteiger charge is 2.35. The molecule has 76 valence electrons. The highest BCUT2D eigenvalue weighted by Crippen LogP contribution is 2.36. The van der Waals surface area contributed by atoms with E-state index in [4.69, 9.17) is 0 Å². The van der Waals surface area contributed by atoms with E-state index in [2.05, 4.69) is 11.9 Å². The Kier molecular flexibility index (Phi) is 2.79. The SMILES string of the molecule is CC1CC(O)(Cc2ccncc2)CS1. The lowest BCUT2D eigenvalue weighted by Gasteiger charge is -2.21. The number of hydrogen-bond donors (Lipinski definition) is 1. The number of rotatable bonds is 2. The molecule has 1 aromatic heterocycles. The van der Waals surface area contributed by atoms with Gasteiger partial charge < -0.3 is 5.11 Å². The van der Waals surface area contributed by atoms with Crippen LogP contribution in [0.25, 0.3) is 0 Å². The Morgan fingerprint density at radius 3 is 2.86 bits per heavy atom. The summed E-state index contributed by atoms with van der Waals surface area (Å²) in [5.74, 6) is 0.858. The Balaban J connectivity index is 2.04. The molecule has 0 bridgehead atoms. The van der Waals surface area contributed by atoms with Gasteiger partial charge in [-0.05, 0) is 24.1 Å². The van der Waals surface area contributed by atoms with E-state index >= 15 is 0 Å². The van der Waals surface area contributed by atoms with Crippen molar-refractivity contribution in [3.63, 3.8) is 0 Å². The summed E-state index contributed by atoms with van der Waals surface area (Å²) in [5, 5.41) is 10.9. The molecule has 2 unspecified atom stereocenters. The molecule has 1 N–H and O–H groups in total. The summed E-state index contributed by atoms with van der Waals surface area (Å²) >= 11 is 1.86. The van der Waals surface area contributed by atoms with E-state index in [1.165, 1.54) is 5.56 Å². The normalized spacial score (nSPS) is 32.0. The van der Waals surface area contributed by atoms with E-state index in [0.29, 0.717) is 5.25 Å². The Morgan fingerprint density at radius 2 is 2.29 bits per heavy atom. The Labute approximate surface area is 88.8 Å². The lowest BCUT2D eigenvalue weighted by atomic mass is 9.93. The summed E-state index contributed by atoms with van der Waals surface area (Å²) in [6, 6.07) is 3.96. The Hall–Kier alpha value is -0.540. The van der Waals surface area contributed by atoms with Gasteiger partial charge in [-0.3, -0.25) is 4.98 Å². The average molecular weight is 209 g/mol. The van der Waals surface area contributed by atoms with E-state index in [9.17, 15) is 5.11 Å². The van der Waals surface area contributed by atoms with Crippen molar-refractivity contribution in [3.05, 3.63) is 30.1 Å². The molecule has 0 saturated carbocycles. The summed E-state index contributed by atoms with van der Waals surface area (Å²) in [6.45, 7) is 2.18. The van der Waals surface area contributed by atoms with Crippen LogP contribution < -0.4 is 0 Å². The van der Waals surface area contributed by atoms with E-state index in [0.717, 1.165) is 18.6 Å². The van der Waals surface area contributed by atoms with Gasteiger partial charge in [0.25, 0.3) is 0 Å². The van der Waals surface area contributed by atoms with Gasteiger partial charge in [-0.1, -0.05) is 6.92 Å². The first-order chi connectivity index (χ1) is 6.68. The van der Waals surface area contributed by atoms with Crippen molar-refractivity contribution in [2.75, 3.05) is 5.75 Å². The molecule has 0 spiro atoms. The number of nitrogens with zero attached hydrogens (tertiary/aromatic N) is 1. The van der Waals surface area contributed by atoms with Crippen LogP contribution in [0, 0.1) is 0 Å². The fourth-order valence-corrected chi connectivity index (χ4v) is 3.20. The van der Waals surface area contributed by atoms with Crippen molar-refractivity contribution in [3.8, 4) is 0 Å². The van der Waals surface area contributed by atoms with Crippen molar-refractivity contribution >= 4 is 11.8 Å². The summed E-state index contributed by atoms with van der Waals surface area (Å²) in [7, 11) is 0. The number of aromatic nitrogens is 1. The largest absolute Gasteiger partial charge is 0.389 e. The number of hydrogen-bond acceptors (Lipinski definition) is 3. The van der Waals surface area contributed by atoms with Crippen molar-refractivity contribution in [2.24, 2.45) is 0 Å². The van der Waals surface area contributed by atoms with Crippen molar-refractivity contribution in [1.29, 1.82) is 0 Å². The van der Waals surface area contributed by atoms with Gasteiger partial charge in [0.1, 0.15) is 0 Å². The molecule has 0 amide bonds. The van der Waals surface area contributed by atoms with Crippen LogP contribution in [0.3, 0.4) is 0 Å². The summed E-state index contributed by atoms with van der Waals surface area (Å²) in [4.78, 5) is 3.97. The van der Waals surface area contributed by atoms with Crippen LogP contribution in [0.5, 0.6) is 0 Å². The molecule has 2 atom stereocenters. The van der Waals surface area contributed by atoms with E-state index in [1.807, 2.05) is 23.9 Å². The fourth-order valence-electron chi connectivity index (χ4n) is 1.95.